The summed E-state index contributed by atoms with van der Waals surface area (Å²) in [6, 6.07) is 4.95. The second-order valence-electron chi connectivity index (χ2n) is 6.25. The van der Waals surface area contributed by atoms with Crippen molar-refractivity contribution in [1.29, 1.82) is 0 Å². The predicted octanol–water partition coefficient (Wildman–Crippen LogP) is 1.88. The zero-order valence-electron chi connectivity index (χ0n) is 12.4. The van der Waals surface area contributed by atoms with Crippen LogP contribution in [0.2, 0.25) is 0 Å². The number of aromatic nitrogens is 2. The van der Waals surface area contributed by atoms with Gasteiger partial charge < -0.3 is 15.0 Å². The first-order chi connectivity index (χ1) is 11.1. The molecular formula is C16H17N3O3S. The first kappa shape index (κ1) is 14.6. The van der Waals surface area contributed by atoms with E-state index in [0.717, 1.165) is 19.3 Å². The molecular weight excluding hydrogens is 314 g/mol. The van der Waals surface area contributed by atoms with Crippen LogP contribution in [-0.2, 0) is 4.74 Å². The topological polar surface area (TPSA) is 87.0 Å². The molecule has 120 valence electrons. The van der Waals surface area contributed by atoms with Crippen molar-refractivity contribution in [3.8, 4) is 0 Å². The molecule has 2 fully saturated rings. The van der Waals surface area contributed by atoms with E-state index < -0.39 is 0 Å². The van der Waals surface area contributed by atoms with E-state index in [2.05, 4.69) is 15.3 Å². The molecule has 4 rings (SSSR count). The van der Waals surface area contributed by atoms with Crippen molar-refractivity contribution in [3.05, 3.63) is 38.9 Å². The van der Waals surface area contributed by atoms with Gasteiger partial charge in [0.25, 0.3) is 11.5 Å². The summed E-state index contributed by atoms with van der Waals surface area (Å²) in [5, 5.41) is 3.46. The first-order valence-corrected chi connectivity index (χ1v) is 8.21. The Morgan fingerprint density at radius 3 is 2.96 bits per heavy atom. The molecule has 0 aliphatic carbocycles. The molecule has 3 atom stereocenters. The summed E-state index contributed by atoms with van der Waals surface area (Å²) < 4.78 is 6.05. The molecule has 0 radical (unpaired) electrons. The van der Waals surface area contributed by atoms with Gasteiger partial charge in [-0.1, -0.05) is 0 Å². The number of rotatable bonds is 3. The Hall–Kier alpha value is -1.99. The smallest absolute Gasteiger partial charge is 0.259 e. The van der Waals surface area contributed by atoms with E-state index in [4.69, 9.17) is 17.0 Å². The van der Waals surface area contributed by atoms with Gasteiger partial charge in [-0.2, -0.15) is 0 Å². The van der Waals surface area contributed by atoms with Gasteiger partial charge in [-0.25, -0.2) is 0 Å². The van der Waals surface area contributed by atoms with Crippen LogP contribution in [0.3, 0.4) is 0 Å². The van der Waals surface area contributed by atoms with E-state index >= 15 is 0 Å². The van der Waals surface area contributed by atoms with E-state index in [-0.39, 0.29) is 16.2 Å². The van der Waals surface area contributed by atoms with E-state index in [1.165, 1.54) is 0 Å². The van der Waals surface area contributed by atoms with Crippen LogP contribution in [0.5, 0.6) is 0 Å². The number of H-pyrrole nitrogens is 2. The zero-order valence-corrected chi connectivity index (χ0v) is 13.2. The minimum absolute atomic E-state index is 0.144. The number of benzene rings is 1. The molecule has 2 saturated heterocycles. The fraction of sp³-hybridized carbons (Fsp3) is 0.438. The Labute approximate surface area is 137 Å². The average Bonchev–Trinajstić information content (AvgIpc) is 3.14. The van der Waals surface area contributed by atoms with E-state index in [1.807, 2.05) is 0 Å². The van der Waals surface area contributed by atoms with Crippen molar-refractivity contribution < 1.29 is 9.53 Å². The number of nitrogens with one attached hydrogen (secondary N) is 3. The highest BCUT2D eigenvalue weighted by atomic mass is 32.1. The number of amides is 1. The van der Waals surface area contributed by atoms with Crippen molar-refractivity contribution >= 4 is 29.0 Å². The van der Waals surface area contributed by atoms with Gasteiger partial charge in [-0.15, -0.1) is 0 Å². The molecule has 3 heterocycles. The fourth-order valence-corrected chi connectivity index (χ4v) is 3.80. The molecule has 1 aromatic carbocycles. The number of carbonyl (C=O) groups is 1. The summed E-state index contributed by atoms with van der Waals surface area (Å²) in [5.74, 6) is 0.265. The van der Waals surface area contributed by atoms with Crippen molar-refractivity contribution in [1.82, 2.24) is 15.3 Å². The third kappa shape index (κ3) is 2.70. The highest BCUT2D eigenvalue weighted by Crippen LogP contribution is 2.38. The Morgan fingerprint density at radius 1 is 1.35 bits per heavy atom. The molecule has 6 nitrogen and oxygen atoms in total. The van der Waals surface area contributed by atoms with Gasteiger partial charge in [-0.3, -0.25) is 14.6 Å². The maximum Gasteiger partial charge on any atom is 0.259 e. The van der Waals surface area contributed by atoms with Crippen LogP contribution in [0.4, 0.5) is 0 Å². The number of fused-ring (bicyclic) bond motifs is 3. The summed E-state index contributed by atoms with van der Waals surface area (Å²) in [6.45, 7) is 0.628. The number of hydrogen-bond donors (Lipinski definition) is 3. The highest BCUT2D eigenvalue weighted by molar-refractivity contribution is 7.71. The Balaban J connectivity index is 1.51. The third-order valence-electron chi connectivity index (χ3n) is 4.76. The lowest BCUT2D eigenvalue weighted by molar-refractivity contribution is 0.0873. The van der Waals surface area contributed by atoms with Gasteiger partial charge in [0.1, 0.15) is 0 Å². The van der Waals surface area contributed by atoms with Crippen LogP contribution in [0.25, 0.3) is 10.9 Å². The Bertz CT molecular complexity index is 888. The summed E-state index contributed by atoms with van der Waals surface area (Å²) in [7, 11) is 0. The average molecular weight is 331 g/mol. The molecule has 0 saturated carbocycles. The van der Waals surface area contributed by atoms with Crippen LogP contribution in [0, 0.1) is 10.7 Å². The van der Waals surface area contributed by atoms with E-state index in [9.17, 15) is 9.59 Å². The lowest BCUT2D eigenvalue weighted by atomic mass is 9.89. The van der Waals surface area contributed by atoms with Crippen LogP contribution >= 0.6 is 12.2 Å². The van der Waals surface area contributed by atoms with E-state index in [0.29, 0.717) is 41.1 Å². The minimum Gasteiger partial charge on any atom is -0.375 e. The third-order valence-corrected chi connectivity index (χ3v) is 4.96. The van der Waals surface area contributed by atoms with Crippen LogP contribution in [-0.4, -0.2) is 34.6 Å². The Morgan fingerprint density at radius 2 is 2.22 bits per heavy atom. The van der Waals surface area contributed by atoms with Gasteiger partial charge in [0.05, 0.1) is 23.1 Å². The molecule has 2 aromatic rings. The number of carbonyl (C=O) groups excluding carboxylic acids is 1. The van der Waals surface area contributed by atoms with Gasteiger partial charge in [-0.05, 0) is 49.7 Å². The number of ether oxygens (including phenoxy) is 1. The normalized spacial score (nSPS) is 25.8. The lowest BCUT2D eigenvalue weighted by Crippen LogP contribution is -2.33. The first-order valence-electron chi connectivity index (χ1n) is 7.80. The zero-order chi connectivity index (χ0) is 16.0. The molecule has 3 unspecified atom stereocenters. The summed E-state index contributed by atoms with van der Waals surface area (Å²) in [6.07, 6.45) is 3.96. The second-order valence-corrected chi connectivity index (χ2v) is 6.66. The van der Waals surface area contributed by atoms with Crippen molar-refractivity contribution in [2.45, 2.75) is 31.5 Å². The largest absolute Gasteiger partial charge is 0.375 e. The predicted molar refractivity (Wildman–Crippen MR) is 88.1 cm³/mol. The van der Waals surface area contributed by atoms with Crippen molar-refractivity contribution in [3.63, 3.8) is 0 Å². The van der Waals surface area contributed by atoms with Gasteiger partial charge in [0.2, 0.25) is 0 Å². The van der Waals surface area contributed by atoms with Gasteiger partial charge in [0, 0.05) is 18.0 Å². The number of aromatic amines is 2. The van der Waals surface area contributed by atoms with Gasteiger partial charge >= 0.3 is 0 Å². The lowest BCUT2D eigenvalue weighted by Gasteiger charge is -2.18. The molecule has 7 heteroatoms. The molecule has 1 amide bonds. The van der Waals surface area contributed by atoms with Gasteiger partial charge in [0.15, 0.2) is 4.77 Å². The van der Waals surface area contributed by atoms with Crippen LogP contribution in [0.15, 0.2) is 23.0 Å². The fourth-order valence-electron chi connectivity index (χ4n) is 3.59. The molecule has 1 aromatic heterocycles. The van der Waals surface area contributed by atoms with Crippen molar-refractivity contribution in [2.75, 3.05) is 6.54 Å². The number of hydrogen-bond acceptors (Lipinski definition) is 4. The summed E-state index contributed by atoms with van der Waals surface area (Å²) in [4.78, 5) is 29.6. The standard InChI is InChI=1S/C16H17N3O3S/c20-14(17-7-9-5-10-2-4-13(9)22-10)8-1-3-11-12(6-8)18-16(23)19-15(11)21/h1,3,6,9-10,13H,2,4-5,7H2,(H,17,20)(H2,18,19,21,23). The molecule has 3 N–H and O–H groups in total. The van der Waals surface area contributed by atoms with Crippen LogP contribution < -0.4 is 10.9 Å². The minimum atomic E-state index is -0.255. The summed E-state index contributed by atoms with van der Waals surface area (Å²) >= 11 is 4.96. The SMILES string of the molecule is O=C(NCC1CC2CCC1O2)c1ccc2c(=O)[nH]c(=S)[nH]c2c1. The Kier molecular flexibility index (Phi) is 3.54. The molecule has 2 aliphatic heterocycles. The maximum atomic E-state index is 12.3. The molecule has 2 bridgehead atoms. The van der Waals surface area contributed by atoms with E-state index in [1.54, 1.807) is 18.2 Å². The van der Waals surface area contributed by atoms with Crippen LogP contribution in [0.1, 0.15) is 29.6 Å². The highest BCUT2D eigenvalue weighted by Gasteiger charge is 2.40. The molecule has 23 heavy (non-hydrogen) atoms. The monoisotopic (exact) mass is 331 g/mol. The summed E-state index contributed by atoms with van der Waals surface area (Å²) in [5.41, 5.74) is 0.822. The van der Waals surface area contributed by atoms with Crippen molar-refractivity contribution in [2.24, 2.45) is 5.92 Å². The molecule has 2 aliphatic rings. The molecule has 0 spiro atoms. The second kappa shape index (κ2) is 5.58. The quantitative estimate of drug-likeness (QED) is 0.750. The maximum absolute atomic E-state index is 12.3.